The molecule has 1 rings (SSSR count). The number of methoxy groups -OCH3 is 2. The van der Waals surface area contributed by atoms with E-state index in [1.165, 1.54) is 0 Å². The monoisotopic (exact) mass is 350 g/mol. The lowest BCUT2D eigenvalue weighted by molar-refractivity contribution is -0.201. The van der Waals surface area contributed by atoms with Crippen LogP contribution in [-0.4, -0.2) is 45.8 Å². The van der Waals surface area contributed by atoms with Crippen LogP contribution in [0.5, 0.6) is 0 Å². The molecular formula is C11H14F4O6S. The Kier molecular flexibility index (Phi) is 5.42. The molecule has 22 heavy (non-hydrogen) atoms. The number of ether oxygens (including phenoxy) is 2. The van der Waals surface area contributed by atoms with Gasteiger partial charge in [0.15, 0.2) is 0 Å². The summed E-state index contributed by atoms with van der Waals surface area (Å²) >= 11 is 0. The van der Waals surface area contributed by atoms with Gasteiger partial charge in [0.2, 0.25) is 10.7 Å². The van der Waals surface area contributed by atoms with Gasteiger partial charge in [0.05, 0.1) is 26.1 Å². The Bertz CT molecular complexity index is 525. The van der Waals surface area contributed by atoms with Crippen LogP contribution in [-0.2, 0) is 29.8 Å². The van der Waals surface area contributed by atoms with E-state index in [9.17, 15) is 35.6 Å². The maximum absolute atomic E-state index is 14.0. The lowest BCUT2D eigenvalue weighted by Crippen LogP contribution is -2.49. The molecule has 3 atom stereocenters. The first kappa shape index (κ1) is 18.7. The molecule has 0 aromatic heterocycles. The number of halogens is 4. The van der Waals surface area contributed by atoms with Crippen molar-refractivity contribution >= 4 is 22.6 Å². The van der Waals surface area contributed by atoms with Crippen molar-refractivity contribution in [1.29, 1.82) is 0 Å². The zero-order valence-electron chi connectivity index (χ0n) is 11.6. The molecule has 0 heterocycles. The molecule has 0 bridgehead atoms. The van der Waals surface area contributed by atoms with Crippen LogP contribution < -0.4 is 0 Å². The van der Waals surface area contributed by atoms with E-state index < -0.39 is 64.4 Å². The van der Waals surface area contributed by atoms with Crippen molar-refractivity contribution in [2.24, 2.45) is 17.8 Å². The Hall–Kier alpha value is -1.39. The quantitative estimate of drug-likeness (QED) is 0.449. The summed E-state index contributed by atoms with van der Waals surface area (Å²) in [5, 5.41) is -5.34. The van der Waals surface area contributed by atoms with Gasteiger partial charge in [-0.1, -0.05) is 0 Å². The molecule has 0 saturated heterocycles. The normalized spacial score (nSPS) is 26.0. The molecule has 11 heteroatoms. The minimum atomic E-state index is -5.34. The second kappa shape index (κ2) is 6.39. The van der Waals surface area contributed by atoms with E-state index in [-0.39, 0.29) is 0 Å². The fourth-order valence-electron chi connectivity index (χ4n) is 2.55. The van der Waals surface area contributed by atoms with Crippen LogP contribution in [0.15, 0.2) is 0 Å². The van der Waals surface area contributed by atoms with E-state index in [4.69, 9.17) is 0 Å². The van der Waals surface area contributed by atoms with Crippen molar-refractivity contribution in [1.82, 2.24) is 0 Å². The summed E-state index contributed by atoms with van der Waals surface area (Å²) < 4.78 is 84.0. The van der Waals surface area contributed by atoms with Gasteiger partial charge in [-0.05, 0) is 12.8 Å². The van der Waals surface area contributed by atoms with Gasteiger partial charge in [-0.25, -0.2) is 8.42 Å². The average molecular weight is 350 g/mol. The van der Waals surface area contributed by atoms with Gasteiger partial charge in [-0.3, -0.25) is 9.59 Å². The molecule has 0 aromatic carbocycles. The van der Waals surface area contributed by atoms with Gasteiger partial charge >= 0.3 is 23.1 Å². The Morgan fingerprint density at radius 2 is 1.50 bits per heavy atom. The van der Waals surface area contributed by atoms with Crippen molar-refractivity contribution < 1.29 is 45.0 Å². The summed E-state index contributed by atoms with van der Waals surface area (Å²) in [6, 6.07) is 0. The first-order valence-corrected chi connectivity index (χ1v) is 7.24. The van der Waals surface area contributed by atoms with E-state index in [1.807, 2.05) is 0 Å². The van der Waals surface area contributed by atoms with Gasteiger partial charge in [-0.15, -0.1) is 0 Å². The Balaban J connectivity index is 3.22. The van der Waals surface area contributed by atoms with E-state index >= 15 is 0 Å². The predicted octanol–water partition coefficient (Wildman–Crippen LogP) is 0.814. The summed E-state index contributed by atoms with van der Waals surface area (Å²) in [7, 11) is -2.93. The van der Waals surface area contributed by atoms with Crippen LogP contribution in [0.1, 0.15) is 12.8 Å². The third-order valence-corrected chi connectivity index (χ3v) is 4.45. The van der Waals surface area contributed by atoms with Gasteiger partial charge in [0.1, 0.15) is 0 Å². The van der Waals surface area contributed by atoms with Crippen LogP contribution in [0.2, 0.25) is 0 Å². The molecule has 0 amide bonds. The first-order chi connectivity index (χ1) is 10.0. The van der Waals surface area contributed by atoms with E-state index in [0.717, 1.165) is 14.2 Å². The van der Waals surface area contributed by atoms with Gasteiger partial charge in [0, 0.05) is 5.92 Å². The topological polar surface area (TPSA) is 86.7 Å². The number of hydrogen-bond donors (Lipinski definition) is 1. The third kappa shape index (κ3) is 3.03. The van der Waals surface area contributed by atoms with E-state index in [1.54, 1.807) is 0 Å². The first-order valence-electron chi connectivity index (χ1n) is 6.06. The number of carbonyl (C=O) groups excluding carboxylic acids is 2. The maximum atomic E-state index is 14.0. The second-order valence-electron chi connectivity index (χ2n) is 4.85. The van der Waals surface area contributed by atoms with Crippen molar-refractivity contribution in [2.75, 3.05) is 14.2 Å². The summed E-state index contributed by atoms with van der Waals surface area (Å²) in [5.74, 6) is -12.5. The number of alkyl halides is 4. The molecule has 1 unspecified atom stereocenters. The summed E-state index contributed by atoms with van der Waals surface area (Å²) in [6.07, 6.45) is -1.29. The number of rotatable bonds is 5. The molecule has 1 fully saturated rings. The van der Waals surface area contributed by atoms with E-state index in [2.05, 4.69) is 9.47 Å². The number of carbonyl (C=O) groups is 2. The van der Waals surface area contributed by atoms with Crippen LogP contribution in [0.25, 0.3) is 0 Å². The lowest BCUT2D eigenvalue weighted by atomic mass is 9.89. The Labute approximate surface area is 124 Å². The average Bonchev–Trinajstić information content (AvgIpc) is 2.90. The van der Waals surface area contributed by atoms with Crippen molar-refractivity contribution in [2.45, 2.75) is 24.0 Å². The molecule has 0 spiro atoms. The molecular weight excluding hydrogens is 336 g/mol. The predicted molar refractivity (Wildman–Crippen MR) is 63.9 cm³/mol. The standard InChI is InChI=1S/C11H14F4O6S/c1-20-8(16)5-3-6(9(17)21-2)7(4-5)10(12,13)11(14,15)22(18)19/h5-7,22H,3-4H2,1-2H3/t5-,6+,7?/m1/s1. The summed E-state index contributed by atoms with van der Waals surface area (Å²) in [4.78, 5) is 22.9. The largest absolute Gasteiger partial charge is 0.469 e. The van der Waals surface area contributed by atoms with Crippen LogP contribution in [0.4, 0.5) is 17.6 Å². The number of esters is 2. The Morgan fingerprint density at radius 3 is 1.91 bits per heavy atom. The van der Waals surface area contributed by atoms with Gasteiger partial charge < -0.3 is 9.47 Å². The fourth-order valence-corrected chi connectivity index (χ4v) is 2.96. The molecule has 6 nitrogen and oxygen atoms in total. The Morgan fingerprint density at radius 1 is 1.00 bits per heavy atom. The number of hydrogen-bond acceptors (Lipinski definition) is 6. The molecule has 1 aliphatic rings. The van der Waals surface area contributed by atoms with Crippen LogP contribution in [0, 0.1) is 17.8 Å². The third-order valence-electron chi connectivity index (χ3n) is 3.70. The molecule has 128 valence electrons. The zero-order valence-corrected chi connectivity index (χ0v) is 12.4. The van der Waals surface area contributed by atoms with Crippen LogP contribution >= 0.6 is 0 Å². The van der Waals surface area contributed by atoms with Gasteiger partial charge in [-0.2, -0.15) is 17.6 Å². The second-order valence-corrected chi connectivity index (χ2v) is 5.92. The zero-order chi connectivity index (χ0) is 17.3. The summed E-state index contributed by atoms with van der Waals surface area (Å²) in [5.41, 5.74) is 0. The highest BCUT2D eigenvalue weighted by molar-refractivity contribution is 7.73. The molecule has 0 aromatic rings. The summed E-state index contributed by atoms with van der Waals surface area (Å²) in [6.45, 7) is 0. The van der Waals surface area contributed by atoms with Crippen LogP contribution in [0.3, 0.4) is 0 Å². The van der Waals surface area contributed by atoms with Crippen molar-refractivity contribution in [3.63, 3.8) is 0 Å². The molecule has 1 aliphatic carbocycles. The highest BCUT2D eigenvalue weighted by Crippen LogP contribution is 2.52. The van der Waals surface area contributed by atoms with E-state index in [0.29, 0.717) is 0 Å². The minimum Gasteiger partial charge on any atom is -0.469 e. The van der Waals surface area contributed by atoms with Crippen molar-refractivity contribution in [3.8, 4) is 0 Å². The highest BCUT2D eigenvalue weighted by Gasteiger charge is 2.68. The minimum absolute atomic E-state index is 0.481. The molecule has 0 N–H and O–H groups in total. The smallest absolute Gasteiger partial charge is 0.404 e. The highest BCUT2D eigenvalue weighted by atomic mass is 32.2. The van der Waals surface area contributed by atoms with Crippen molar-refractivity contribution in [3.05, 3.63) is 0 Å². The fraction of sp³-hybridized carbons (Fsp3) is 0.818. The lowest BCUT2D eigenvalue weighted by Gasteiger charge is -2.30. The maximum Gasteiger partial charge on any atom is 0.404 e. The molecule has 1 saturated carbocycles. The van der Waals surface area contributed by atoms with Gasteiger partial charge in [0.25, 0.3) is 0 Å². The molecule has 0 radical (unpaired) electrons. The SMILES string of the molecule is COC(=O)[C@H]1CC(C(F)(F)C(F)(F)[SH](=O)=O)[C@@H](C(=O)OC)C1. The molecule has 0 aliphatic heterocycles. The number of thiol groups is 1.